The molecule has 2 aromatic heterocycles. The van der Waals surface area contributed by atoms with Gasteiger partial charge in [0.05, 0.1) is 16.8 Å². The van der Waals surface area contributed by atoms with Crippen molar-refractivity contribution in [3.63, 3.8) is 0 Å². The van der Waals surface area contributed by atoms with Gasteiger partial charge in [0.15, 0.2) is 11.7 Å². The SMILES string of the molecule is CN1CCN(c2ccc(N=Cc3c(O)[nH]c4cc(C(=O)c5cccc(NC(=O)c6ccc(Cl)nc6)c5)ccc34)cc2)CC1. The van der Waals surface area contributed by atoms with Gasteiger partial charge in [-0.05, 0) is 61.6 Å². The van der Waals surface area contributed by atoms with Crippen molar-refractivity contribution in [1.82, 2.24) is 14.9 Å². The lowest BCUT2D eigenvalue weighted by atomic mass is 10.0. The molecule has 0 spiro atoms. The van der Waals surface area contributed by atoms with Gasteiger partial charge in [-0.25, -0.2) is 4.98 Å². The standard InChI is InChI=1S/C33H29ClN6O3/c1-39-13-15-40(16-14-39)26-9-7-24(8-10-26)35-20-28-27-11-5-22(18-29(27)38-33(28)43)31(41)21-3-2-4-25(17-21)37-32(42)23-6-12-30(34)36-19-23/h2-12,17-20,38,43H,13-16H2,1H3,(H,37,42). The van der Waals surface area contributed by atoms with Crippen LogP contribution in [0.1, 0.15) is 31.8 Å². The highest BCUT2D eigenvalue weighted by Gasteiger charge is 2.16. The lowest BCUT2D eigenvalue weighted by Gasteiger charge is -2.34. The zero-order valence-corrected chi connectivity index (χ0v) is 24.2. The Balaban J connectivity index is 1.17. The lowest BCUT2D eigenvalue weighted by molar-refractivity contribution is 0.102. The number of hydrogen-bond acceptors (Lipinski definition) is 7. The summed E-state index contributed by atoms with van der Waals surface area (Å²) in [6.07, 6.45) is 3.01. The van der Waals surface area contributed by atoms with Crippen LogP contribution in [0, 0.1) is 0 Å². The van der Waals surface area contributed by atoms with Crippen molar-refractivity contribution in [2.24, 2.45) is 4.99 Å². The van der Waals surface area contributed by atoms with Crippen LogP contribution in [0.15, 0.2) is 90.1 Å². The van der Waals surface area contributed by atoms with E-state index in [9.17, 15) is 14.7 Å². The maximum Gasteiger partial charge on any atom is 0.257 e. The number of nitrogens with zero attached hydrogens (tertiary/aromatic N) is 4. The first kappa shape index (κ1) is 28.1. The molecule has 0 radical (unpaired) electrons. The summed E-state index contributed by atoms with van der Waals surface area (Å²) in [7, 11) is 2.14. The van der Waals surface area contributed by atoms with E-state index in [1.165, 1.54) is 18.0 Å². The fourth-order valence-electron chi connectivity index (χ4n) is 5.05. The number of H-pyrrole nitrogens is 1. The van der Waals surface area contributed by atoms with Crippen LogP contribution in [-0.2, 0) is 0 Å². The first-order chi connectivity index (χ1) is 20.8. The monoisotopic (exact) mass is 592 g/mol. The smallest absolute Gasteiger partial charge is 0.257 e. The van der Waals surface area contributed by atoms with Crippen LogP contribution in [0.2, 0.25) is 5.15 Å². The molecule has 0 aliphatic carbocycles. The fraction of sp³-hybridized carbons (Fsp3) is 0.152. The van der Waals surface area contributed by atoms with Gasteiger partial charge in [0, 0.05) is 72.0 Å². The number of aliphatic imine (C=N–C) groups is 1. The summed E-state index contributed by atoms with van der Waals surface area (Å²) in [4.78, 5) is 42.1. The second kappa shape index (κ2) is 12.1. The highest BCUT2D eigenvalue weighted by Crippen LogP contribution is 2.29. The molecule has 10 heteroatoms. The van der Waals surface area contributed by atoms with Gasteiger partial charge in [-0.1, -0.05) is 35.9 Å². The molecule has 43 heavy (non-hydrogen) atoms. The number of rotatable bonds is 7. The molecule has 9 nitrogen and oxygen atoms in total. The minimum Gasteiger partial charge on any atom is -0.494 e. The predicted molar refractivity (Wildman–Crippen MR) is 170 cm³/mol. The third kappa shape index (κ3) is 6.28. The molecule has 1 amide bonds. The first-order valence-corrected chi connectivity index (χ1v) is 14.2. The number of halogens is 1. The number of carbonyl (C=O) groups is 2. The van der Waals surface area contributed by atoms with Crippen LogP contribution in [0.3, 0.4) is 0 Å². The lowest BCUT2D eigenvalue weighted by Crippen LogP contribution is -2.44. The van der Waals surface area contributed by atoms with E-state index in [2.05, 4.69) is 49.3 Å². The van der Waals surface area contributed by atoms with E-state index in [0.29, 0.717) is 38.6 Å². The summed E-state index contributed by atoms with van der Waals surface area (Å²) >= 11 is 5.80. The number of anilines is 2. The average molecular weight is 593 g/mol. The van der Waals surface area contributed by atoms with Crippen molar-refractivity contribution in [1.29, 1.82) is 0 Å². The summed E-state index contributed by atoms with van der Waals surface area (Å²) in [5.74, 6) is -0.619. The number of piperazine rings is 1. The van der Waals surface area contributed by atoms with Crippen molar-refractivity contribution in [3.8, 4) is 5.88 Å². The quantitative estimate of drug-likeness (QED) is 0.123. The second-order valence-corrected chi connectivity index (χ2v) is 10.8. The Hall–Kier alpha value is -4.99. The van der Waals surface area contributed by atoms with Gasteiger partial charge >= 0.3 is 0 Å². The molecule has 5 aromatic rings. The number of benzene rings is 3. The first-order valence-electron chi connectivity index (χ1n) is 13.8. The van der Waals surface area contributed by atoms with Gasteiger partial charge < -0.3 is 25.2 Å². The summed E-state index contributed by atoms with van der Waals surface area (Å²) in [5, 5.41) is 14.4. The molecule has 1 aliphatic rings. The number of likely N-dealkylation sites (N-methyl/N-ethyl adjacent to an activating group) is 1. The molecule has 0 saturated carbocycles. The Labute approximate surface area is 253 Å². The zero-order chi connectivity index (χ0) is 29.9. The average Bonchev–Trinajstić information content (AvgIpc) is 3.34. The van der Waals surface area contributed by atoms with E-state index in [4.69, 9.17) is 11.6 Å². The Bertz CT molecular complexity index is 1820. The van der Waals surface area contributed by atoms with Gasteiger partial charge in [-0.15, -0.1) is 0 Å². The van der Waals surface area contributed by atoms with E-state index < -0.39 is 0 Å². The molecule has 3 aromatic carbocycles. The van der Waals surface area contributed by atoms with E-state index in [1.54, 1.807) is 54.7 Å². The molecular weight excluding hydrogens is 564 g/mol. The number of fused-ring (bicyclic) bond motifs is 1. The third-order valence-electron chi connectivity index (χ3n) is 7.51. The van der Waals surface area contributed by atoms with Crippen molar-refractivity contribution < 1.29 is 14.7 Å². The number of aromatic nitrogens is 2. The molecular formula is C33H29ClN6O3. The van der Waals surface area contributed by atoms with Crippen LogP contribution >= 0.6 is 11.6 Å². The minimum absolute atomic E-state index is 0.0289. The molecule has 0 atom stereocenters. The largest absolute Gasteiger partial charge is 0.494 e. The molecule has 3 N–H and O–H groups in total. The van der Waals surface area contributed by atoms with Crippen molar-refractivity contribution >= 4 is 57.5 Å². The molecule has 6 rings (SSSR count). The van der Waals surface area contributed by atoms with Crippen LogP contribution in [0.25, 0.3) is 10.9 Å². The zero-order valence-electron chi connectivity index (χ0n) is 23.4. The Morgan fingerprint density at radius 2 is 1.70 bits per heavy atom. The minimum atomic E-state index is -0.364. The number of hydrogen-bond donors (Lipinski definition) is 3. The summed E-state index contributed by atoms with van der Waals surface area (Å²) < 4.78 is 0. The molecule has 0 bridgehead atoms. The van der Waals surface area contributed by atoms with Gasteiger partial charge in [0.1, 0.15) is 5.15 Å². The predicted octanol–water partition coefficient (Wildman–Crippen LogP) is 5.91. The van der Waals surface area contributed by atoms with Crippen LogP contribution < -0.4 is 10.2 Å². The van der Waals surface area contributed by atoms with E-state index in [-0.39, 0.29) is 17.6 Å². The topological polar surface area (TPSA) is 114 Å². The molecule has 216 valence electrons. The molecule has 3 heterocycles. The summed E-state index contributed by atoms with van der Waals surface area (Å²) in [6.45, 7) is 4.08. The number of pyridine rings is 1. The number of ketones is 1. The Morgan fingerprint density at radius 3 is 2.44 bits per heavy atom. The van der Waals surface area contributed by atoms with Crippen molar-refractivity contribution in [3.05, 3.63) is 112 Å². The molecule has 1 aliphatic heterocycles. The van der Waals surface area contributed by atoms with Gasteiger partial charge in [0.25, 0.3) is 5.91 Å². The summed E-state index contributed by atoms with van der Waals surface area (Å²) in [5.41, 5.74) is 4.75. The number of aromatic amines is 1. The summed E-state index contributed by atoms with van der Waals surface area (Å²) in [6, 6.07) is 23.1. The maximum atomic E-state index is 13.3. The number of carbonyl (C=O) groups excluding carboxylic acids is 2. The highest BCUT2D eigenvalue weighted by atomic mass is 35.5. The van der Waals surface area contributed by atoms with Crippen molar-refractivity contribution in [2.75, 3.05) is 43.4 Å². The third-order valence-corrected chi connectivity index (χ3v) is 7.74. The second-order valence-electron chi connectivity index (χ2n) is 10.4. The normalized spacial score (nSPS) is 14.0. The van der Waals surface area contributed by atoms with Gasteiger partial charge in [-0.3, -0.25) is 14.6 Å². The molecule has 0 unspecified atom stereocenters. The fourth-order valence-corrected chi connectivity index (χ4v) is 5.16. The van der Waals surface area contributed by atoms with E-state index in [0.717, 1.165) is 37.3 Å². The van der Waals surface area contributed by atoms with E-state index >= 15 is 0 Å². The van der Waals surface area contributed by atoms with E-state index in [1.807, 2.05) is 12.1 Å². The van der Waals surface area contributed by atoms with Crippen LogP contribution in [-0.4, -0.2) is 71.1 Å². The Morgan fingerprint density at radius 1 is 0.953 bits per heavy atom. The van der Waals surface area contributed by atoms with Gasteiger partial charge in [-0.2, -0.15) is 0 Å². The highest BCUT2D eigenvalue weighted by molar-refractivity contribution is 6.29. The van der Waals surface area contributed by atoms with Crippen molar-refractivity contribution in [2.45, 2.75) is 0 Å². The number of aromatic hydroxyl groups is 1. The molecule has 1 saturated heterocycles. The maximum absolute atomic E-state index is 13.3. The Kier molecular flexibility index (Phi) is 7.91. The van der Waals surface area contributed by atoms with Crippen LogP contribution in [0.4, 0.5) is 17.1 Å². The number of amides is 1. The van der Waals surface area contributed by atoms with Crippen LogP contribution in [0.5, 0.6) is 5.88 Å². The molecule has 1 fully saturated rings. The van der Waals surface area contributed by atoms with Gasteiger partial charge in [0.2, 0.25) is 0 Å². The number of nitrogens with one attached hydrogen (secondary N) is 2.